The number of hydrogen-bond acceptors (Lipinski definition) is 2. The number of carbonyl (C=O) groups excluding carboxylic acids is 1. The minimum atomic E-state index is 0. The number of halogens is 1. The molecular formula is C14H29ClN2O. The Morgan fingerprint density at radius 2 is 2.00 bits per heavy atom. The van der Waals surface area contributed by atoms with Crippen LogP contribution in [0.1, 0.15) is 59.3 Å². The van der Waals surface area contributed by atoms with E-state index in [1.165, 1.54) is 6.42 Å². The molecule has 108 valence electrons. The Kier molecular flexibility index (Phi) is 7.88. The molecule has 0 bridgehead atoms. The second-order valence-electron chi connectivity index (χ2n) is 6.39. The third-order valence-electron chi connectivity index (χ3n) is 3.54. The Balaban J connectivity index is 0.00000289. The van der Waals surface area contributed by atoms with Crippen LogP contribution in [0.2, 0.25) is 0 Å². The largest absolute Gasteiger partial charge is 0.338 e. The average molecular weight is 277 g/mol. The number of nitrogens with zero attached hydrogens (tertiary/aromatic N) is 1. The molecule has 1 amide bonds. The first-order chi connectivity index (χ1) is 7.94. The van der Waals surface area contributed by atoms with E-state index < -0.39 is 0 Å². The highest BCUT2D eigenvalue weighted by Crippen LogP contribution is 2.23. The zero-order valence-electron chi connectivity index (χ0n) is 12.1. The predicted molar refractivity (Wildman–Crippen MR) is 79.0 cm³/mol. The third-order valence-corrected chi connectivity index (χ3v) is 3.54. The highest BCUT2D eigenvalue weighted by molar-refractivity contribution is 5.85. The number of likely N-dealkylation sites (tertiary alicyclic amines) is 1. The van der Waals surface area contributed by atoms with Crippen molar-refractivity contribution in [1.29, 1.82) is 0 Å². The lowest BCUT2D eigenvalue weighted by atomic mass is 9.89. The molecule has 1 unspecified atom stereocenters. The first-order valence-electron chi connectivity index (χ1n) is 6.93. The molecule has 0 spiro atoms. The van der Waals surface area contributed by atoms with E-state index in [9.17, 15) is 4.79 Å². The molecule has 4 heteroatoms. The van der Waals surface area contributed by atoms with Crippen LogP contribution >= 0.6 is 12.4 Å². The van der Waals surface area contributed by atoms with Crippen molar-refractivity contribution >= 4 is 18.3 Å². The van der Waals surface area contributed by atoms with E-state index in [0.717, 1.165) is 32.2 Å². The summed E-state index contributed by atoms with van der Waals surface area (Å²) in [5, 5.41) is 0. The molecule has 0 saturated carbocycles. The normalized spacial score (nSPS) is 20.4. The van der Waals surface area contributed by atoms with Crippen LogP contribution in [0.4, 0.5) is 0 Å². The van der Waals surface area contributed by atoms with Gasteiger partial charge in [0.15, 0.2) is 0 Å². The maximum absolute atomic E-state index is 12.1. The van der Waals surface area contributed by atoms with E-state index in [0.29, 0.717) is 30.3 Å². The van der Waals surface area contributed by atoms with Crippen LogP contribution in [0.3, 0.4) is 0 Å². The van der Waals surface area contributed by atoms with Crippen LogP contribution in [0.25, 0.3) is 0 Å². The molecule has 18 heavy (non-hydrogen) atoms. The first-order valence-corrected chi connectivity index (χ1v) is 6.93. The molecule has 0 aliphatic carbocycles. The van der Waals surface area contributed by atoms with Gasteiger partial charge in [0.05, 0.1) is 0 Å². The summed E-state index contributed by atoms with van der Waals surface area (Å²) in [6.45, 7) is 8.20. The number of carbonyl (C=O) groups is 1. The minimum Gasteiger partial charge on any atom is -0.338 e. The van der Waals surface area contributed by atoms with E-state index in [1.807, 2.05) is 4.90 Å². The third kappa shape index (κ3) is 6.05. The van der Waals surface area contributed by atoms with Crippen molar-refractivity contribution in [3.8, 4) is 0 Å². The molecule has 3 nitrogen and oxygen atoms in total. The molecule has 2 N–H and O–H groups in total. The first kappa shape index (κ1) is 17.7. The van der Waals surface area contributed by atoms with Crippen LogP contribution in [-0.4, -0.2) is 29.9 Å². The molecule has 0 aromatic rings. The summed E-state index contributed by atoms with van der Waals surface area (Å²) < 4.78 is 0. The topological polar surface area (TPSA) is 46.3 Å². The minimum absolute atomic E-state index is 0. The molecule has 0 radical (unpaired) electrons. The summed E-state index contributed by atoms with van der Waals surface area (Å²) in [7, 11) is 0. The summed E-state index contributed by atoms with van der Waals surface area (Å²) >= 11 is 0. The Hall–Kier alpha value is -0.280. The molecule has 1 rings (SSSR count). The van der Waals surface area contributed by atoms with Crippen molar-refractivity contribution in [2.24, 2.45) is 11.1 Å². The second-order valence-corrected chi connectivity index (χ2v) is 6.39. The molecule has 0 aromatic heterocycles. The fraction of sp³-hybridized carbons (Fsp3) is 0.929. The molecule has 0 aromatic carbocycles. The van der Waals surface area contributed by atoms with Crippen LogP contribution in [0, 0.1) is 5.41 Å². The summed E-state index contributed by atoms with van der Waals surface area (Å²) in [6.07, 6.45) is 6.24. The van der Waals surface area contributed by atoms with Gasteiger partial charge in [0, 0.05) is 25.6 Å². The number of rotatable bonds is 4. The maximum atomic E-state index is 12.1. The Morgan fingerprint density at radius 3 is 2.56 bits per heavy atom. The van der Waals surface area contributed by atoms with Gasteiger partial charge in [-0.3, -0.25) is 4.79 Å². The fourth-order valence-corrected chi connectivity index (χ4v) is 2.49. The van der Waals surface area contributed by atoms with Crippen molar-refractivity contribution in [2.75, 3.05) is 13.1 Å². The SMILES string of the molecule is CC(C)(C)CCCC(=O)N1CCCCC1CN.Cl. The van der Waals surface area contributed by atoms with Crippen molar-refractivity contribution in [1.82, 2.24) is 4.90 Å². The lowest BCUT2D eigenvalue weighted by Crippen LogP contribution is -2.47. The van der Waals surface area contributed by atoms with Crippen LogP contribution in [0.5, 0.6) is 0 Å². The molecular weight excluding hydrogens is 248 g/mol. The second kappa shape index (κ2) is 8.00. The van der Waals surface area contributed by atoms with Gasteiger partial charge in [-0.1, -0.05) is 20.8 Å². The molecule has 1 fully saturated rings. The molecule has 1 saturated heterocycles. The van der Waals surface area contributed by atoms with Gasteiger partial charge in [-0.25, -0.2) is 0 Å². The van der Waals surface area contributed by atoms with E-state index >= 15 is 0 Å². The quantitative estimate of drug-likeness (QED) is 0.858. The number of piperidine rings is 1. The molecule has 1 atom stereocenters. The standard InChI is InChI=1S/C14H28N2O.ClH/c1-14(2,3)9-6-8-13(17)16-10-5-4-7-12(16)11-15;/h12H,4-11,15H2,1-3H3;1H. The van der Waals surface area contributed by atoms with Gasteiger partial charge in [0.2, 0.25) is 5.91 Å². The van der Waals surface area contributed by atoms with Crippen molar-refractivity contribution in [2.45, 2.75) is 65.3 Å². The molecule has 1 aliphatic heterocycles. The van der Waals surface area contributed by atoms with Crippen molar-refractivity contribution in [3.63, 3.8) is 0 Å². The number of hydrogen-bond donors (Lipinski definition) is 1. The lowest BCUT2D eigenvalue weighted by molar-refractivity contribution is -0.134. The molecule has 1 aliphatic rings. The van der Waals surface area contributed by atoms with Crippen molar-refractivity contribution in [3.05, 3.63) is 0 Å². The highest BCUT2D eigenvalue weighted by atomic mass is 35.5. The van der Waals surface area contributed by atoms with E-state index in [-0.39, 0.29) is 12.4 Å². The van der Waals surface area contributed by atoms with E-state index in [2.05, 4.69) is 20.8 Å². The molecule has 1 heterocycles. The van der Waals surface area contributed by atoms with E-state index in [1.54, 1.807) is 0 Å². The smallest absolute Gasteiger partial charge is 0.222 e. The van der Waals surface area contributed by atoms with Gasteiger partial charge in [-0.2, -0.15) is 0 Å². The average Bonchev–Trinajstić information content (AvgIpc) is 2.27. The Labute approximate surface area is 118 Å². The van der Waals surface area contributed by atoms with Gasteiger partial charge in [0.1, 0.15) is 0 Å². The summed E-state index contributed by atoms with van der Waals surface area (Å²) in [6, 6.07) is 0.297. The number of nitrogens with two attached hydrogens (primary N) is 1. The van der Waals surface area contributed by atoms with Crippen LogP contribution in [0.15, 0.2) is 0 Å². The Morgan fingerprint density at radius 1 is 1.33 bits per heavy atom. The number of amides is 1. The monoisotopic (exact) mass is 276 g/mol. The van der Waals surface area contributed by atoms with Gasteiger partial charge < -0.3 is 10.6 Å². The maximum Gasteiger partial charge on any atom is 0.222 e. The van der Waals surface area contributed by atoms with Gasteiger partial charge in [-0.15, -0.1) is 12.4 Å². The fourth-order valence-electron chi connectivity index (χ4n) is 2.49. The van der Waals surface area contributed by atoms with Gasteiger partial charge in [0.25, 0.3) is 0 Å². The zero-order chi connectivity index (χ0) is 12.9. The van der Waals surface area contributed by atoms with Gasteiger partial charge >= 0.3 is 0 Å². The van der Waals surface area contributed by atoms with Crippen molar-refractivity contribution < 1.29 is 4.79 Å². The predicted octanol–water partition coefficient (Wildman–Crippen LogP) is 2.96. The van der Waals surface area contributed by atoms with Crippen LogP contribution in [-0.2, 0) is 4.79 Å². The lowest BCUT2D eigenvalue weighted by Gasteiger charge is -2.35. The zero-order valence-corrected chi connectivity index (χ0v) is 12.9. The summed E-state index contributed by atoms with van der Waals surface area (Å²) in [4.78, 5) is 14.1. The Bertz CT molecular complexity index is 251. The highest BCUT2D eigenvalue weighted by Gasteiger charge is 2.25. The van der Waals surface area contributed by atoms with Crippen LogP contribution < -0.4 is 5.73 Å². The summed E-state index contributed by atoms with van der Waals surface area (Å²) in [5.74, 6) is 0.310. The van der Waals surface area contributed by atoms with Gasteiger partial charge in [-0.05, 0) is 37.5 Å². The summed E-state index contributed by atoms with van der Waals surface area (Å²) in [5.41, 5.74) is 6.06. The van der Waals surface area contributed by atoms with E-state index in [4.69, 9.17) is 5.73 Å².